The Kier molecular flexibility index (Phi) is 6.34. The SMILES string of the molecule is O=C(CSc1nnc(C2CCCCC2)o1)N1CCC[C@H]1c1ccc2c(c1)OCCCO2. The van der Waals surface area contributed by atoms with Crippen LogP contribution >= 0.6 is 11.8 Å². The first-order valence-corrected chi connectivity index (χ1v) is 12.4. The number of ether oxygens (including phenoxy) is 2. The second-order valence-corrected chi connectivity index (χ2v) is 9.46. The highest BCUT2D eigenvalue weighted by Gasteiger charge is 2.31. The fraction of sp³-hybridized carbons (Fsp3) is 0.609. The van der Waals surface area contributed by atoms with E-state index in [0.717, 1.165) is 61.6 Å². The van der Waals surface area contributed by atoms with Gasteiger partial charge in [0.05, 0.1) is 25.0 Å². The molecule has 1 aromatic heterocycles. The summed E-state index contributed by atoms with van der Waals surface area (Å²) in [6.45, 7) is 2.11. The molecule has 8 heteroatoms. The number of likely N-dealkylation sites (tertiary alicyclic amines) is 1. The van der Waals surface area contributed by atoms with E-state index in [1.165, 1.54) is 31.0 Å². The smallest absolute Gasteiger partial charge is 0.277 e. The molecule has 166 valence electrons. The van der Waals surface area contributed by atoms with Gasteiger partial charge in [-0.05, 0) is 43.4 Å². The molecule has 1 aliphatic carbocycles. The van der Waals surface area contributed by atoms with Crippen molar-refractivity contribution in [2.75, 3.05) is 25.5 Å². The van der Waals surface area contributed by atoms with Crippen LogP contribution in [0.3, 0.4) is 0 Å². The predicted molar refractivity (Wildman–Crippen MR) is 117 cm³/mol. The number of aromatic nitrogens is 2. The van der Waals surface area contributed by atoms with E-state index in [0.29, 0.717) is 30.1 Å². The largest absolute Gasteiger partial charge is 0.490 e. The monoisotopic (exact) mass is 443 g/mol. The fourth-order valence-electron chi connectivity index (χ4n) is 4.80. The van der Waals surface area contributed by atoms with Gasteiger partial charge in [0.15, 0.2) is 11.5 Å². The van der Waals surface area contributed by atoms with Crippen molar-refractivity contribution in [3.63, 3.8) is 0 Å². The molecule has 2 aromatic rings. The first-order chi connectivity index (χ1) is 15.3. The number of hydrogen-bond donors (Lipinski definition) is 0. The Bertz CT molecular complexity index is 912. The first-order valence-electron chi connectivity index (χ1n) is 11.4. The molecule has 5 rings (SSSR count). The molecule has 3 heterocycles. The minimum Gasteiger partial charge on any atom is -0.490 e. The summed E-state index contributed by atoms with van der Waals surface area (Å²) in [7, 11) is 0. The molecule has 3 aliphatic rings. The third kappa shape index (κ3) is 4.68. The second-order valence-electron chi connectivity index (χ2n) is 8.53. The van der Waals surface area contributed by atoms with Gasteiger partial charge in [0.25, 0.3) is 5.22 Å². The van der Waals surface area contributed by atoms with E-state index in [-0.39, 0.29) is 11.9 Å². The molecule has 0 unspecified atom stereocenters. The lowest BCUT2D eigenvalue weighted by molar-refractivity contribution is -0.129. The zero-order valence-corrected chi connectivity index (χ0v) is 18.6. The highest BCUT2D eigenvalue weighted by atomic mass is 32.2. The number of thioether (sulfide) groups is 1. The van der Waals surface area contributed by atoms with Gasteiger partial charge < -0.3 is 18.8 Å². The Hall–Kier alpha value is -2.22. The predicted octanol–water partition coefficient (Wildman–Crippen LogP) is 4.73. The fourth-order valence-corrected chi connectivity index (χ4v) is 5.45. The van der Waals surface area contributed by atoms with E-state index in [1.807, 2.05) is 17.0 Å². The van der Waals surface area contributed by atoms with Crippen molar-refractivity contribution in [2.45, 2.75) is 68.5 Å². The topological polar surface area (TPSA) is 77.7 Å². The average molecular weight is 444 g/mol. The van der Waals surface area contributed by atoms with Crippen LogP contribution in [0.1, 0.15) is 74.8 Å². The molecule has 31 heavy (non-hydrogen) atoms. The number of hydrogen-bond acceptors (Lipinski definition) is 7. The number of benzene rings is 1. The minimum absolute atomic E-state index is 0.0748. The van der Waals surface area contributed by atoms with Crippen LogP contribution in [0.15, 0.2) is 27.8 Å². The second kappa shape index (κ2) is 9.51. The summed E-state index contributed by atoms with van der Waals surface area (Å²) in [6, 6.07) is 6.15. The van der Waals surface area contributed by atoms with Crippen molar-refractivity contribution in [3.8, 4) is 11.5 Å². The van der Waals surface area contributed by atoms with Gasteiger partial charge in [-0.1, -0.05) is 37.1 Å². The molecule has 1 saturated heterocycles. The van der Waals surface area contributed by atoms with Crippen molar-refractivity contribution in [3.05, 3.63) is 29.7 Å². The zero-order valence-electron chi connectivity index (χ0n) is 17.8. The van der Waals surface area contributed by atoms with Crippen molar-refractivity contribution >= 4 is 17.7 Å². The molecule has 0 spiro atoms. The van der Waals surface area contributed by atoms with Gasteiger partial charge in [-0.3, -0.25) is 4.79 Å². The lowest BCUT2D eigenvalue weighted by Crippen LogP contribution is -2.32. The zero-order chi connectivity index (χ0) is 21.0. The highest BCUT2D eigenvalue weighted by molar-refractivity contribution is 7.99. The van der Waals surface area contributed by atoms with E-state index in [9.17, 15) is 4.79 Å². The maximum Gasteiger partial charge on any atom is 0.277 e. The third-order valence-electron chi connectivity index (χ3n) is 6.43. The van der Waals surface area contributed by atoms with Crippen molar-refractivity contribution in [2.24, 2.45) is 0 Å². The maximum atomic E-state index is 13.0. The van der Waals surface area contributed by atoms with E-state index in [4.69, 9.17) is 13.9 Å². The van der Waals surface area contributed by atoms with Crippen LogP contribution in [0.5, 0.6) is 11.5 Å². The van der Waals surface area contributed by atoms with Gasteiger partial charge in [0.2, 0.25) is 11.8 Å². The number of carbonyl (C=O) groups excluding carboxylic acids is 1. The number of rotatable bonds is 5. The lowest BCUT2D eigenvalue weighted by atomic mass is 9.89. The van der Waals surface area contributed by atoms with Crippen LogP contribution < -0.4 is 9.47 Å². The van der Waals surface area contributed by atoms with Crippen LogP contribution in [-0.2, 0) is 4.79 Å². The van der Waals surface area contributed by atoms with Crippen molar-refractivity contribution < 1.29 is 18.7 Å². The molecular weight excluding hydrogens is 414 g/mol. The number of nitrogens with zero attached hydrogens (tertiary/aromatic N) is 3. The van der Waals surface area contributed by atoms with Crippen molar-refractivity contribution in [1.82, 2.24) is 15.1 Å². The normalized spacial score (nSPS) is 21.8. The summed E-state index contributed by atoms with van der Waals surface area (Å²) in [5.41, 5.74) is 1.11. The first kappa shape index (κ1) is 20.7. The van der Waals surface area contributed by atoms with Gasteiger partial charge in [0, 0.05) is 18.9 Å². The summed E-state index contributed by atoms with van der Waals surface area (Å²) >= 11 is 1.35. The summed E-state index contributed by atoms with van der Waals surface area (Å²) in [6.07, 6.45) is 8.83. The highest BCUT2D eigenvalue weighted by Crippen LogP contribution is 2.38. The molecule has 2 fully saturated rings. The van der Waals surface area contributed by atoms with Gasteiger partial charge in [-0.25, -0.2) is 0 Å². The molecule has 7 nitrogen and oxygen atoms in total. The number of amides is 1. The van der Waals surface area contributed by atoms with Gasteiger partial charge >= 0.3 is 0 Å². The average Bonchev–Trinajstić information content (AvgIpc) is 3.43. The Morgan fingerprint density at radius 3 is 2.71 bits per heavy atom. The van der Waals surface area contributed by atoms with E-state index in [1.54, 1.807) is 0 Å². The van der Waals surface area contributed by atoms with Crippen LogP contribution in [0, 0.1) is 0 Å². The third-order valence-corrected chi connectivity index (χ3v) is 7.23. The van der Waals surface area contributed by atoms with Crippen molar-refractivity contribution in [1.29, 1.82) is 0 Å². The summed E-state index contributed by atoms with van der Waals surface area (Å²) in [5.74, 6) is 3.11. The van der Waals surface area contributed by atoms with E-state index < -0.39 is 0 Å². The molecule has 1 aromatic carbocycles. The van der Waals surface area contributed by atoms with Gasteiger partial charge in [0.1, 0.15) is 0 Å². The van der Waals surface area contributed by atoms with Crippen LogP contribution in [-0.4, -0.2) is 46.5 Å². The molecule has 1 saturated carbocycles. The Morgan fingerprint density at radius 1 is 1.00 bits per heavy atom. The summed E-state index contributed by atoms with van der Waals surface area (Å²) < 4.78 is 17.4. The van der Waals surface area contributed by atoms with Crippen LogP contribution in [0.2, 0.25) is 0 Å². The molecule has 0 radical (unpaired) electrons. The molecule has 0 N–H and O–H groups in total. The Morgan fingerprint density at radius 2 is 1.84 bits per heavy atom. The quantitative estimate of drug-likeness (QED) is 0.618. The van der Waals surface area contributed by atoms with E-state index >= 15 is 0 Å². The summed E-state index contributed by atoms with van der Waals surface area (Å²) in [4.78, 5) is 15.0. The number of fused-ring (bicyclic) bond motifs is 1. The standard InChI is InChI=1S/C23H29N3O4S/c27-21(15-31-23-25-24-22(30-23)16-6-2-1-3-7-16)26-11-4-8-18(26)17-9-10-19-20(14-17)29-13-5-12-28-19/h9-10,14,16,18H,1-8,11-13,15H2/t18-/m0/s1. The molecule has 2 aliphatic heterocycles. The Balaban J connectivity index is 1.21. The minimum atomic E-state index is 0.0748. The summed E-state index contributed by atoms with van der Waals surface area (Å²) in [5, 5.41) is 8.91. The van der Waals surface area contributed by atoms with E-state index in [2.05, 4.69) is 16.3 Å². The maximum absolute atomic E-state index is 13.0. The molecule has 1 atom stereocenters. The van der Waals surface area contributed by atoms with Gasteiger partial charge in [-0.2, -0.15) is 0 Å². The lowest BCUT2D eigenvalue weighted by Gasteiger charge is -2.25. The molecular formula is C23H29N3O4S. The van der Waals surface area contributed by atoms with Crippen LogP contribution in [0.4, 0.5) is 0 Å². The molecule has 0 bridgehead atoms. The van der Waals surface area contributed by atoms with Gasteiger partial charge in [-0.15, -0.1) is 10.2 Å². The Labute approximate surface area is 186 Å². The molecule has 1 amide bonds. The number of carbonyl (C=O) groups is 1. The van der Waals surface area contributed by atoms with Crippen LogP contribution in [0.25, 0.3) is 0 Å².